The van der Waals surface area contributed by atoms with Gasteiger partial charge in [-0.25, -0.2) is 0 Å². The molecule has 0 radical (unpaired) electrons. The summed E-state index contributed by atoms with van der Waals surface area (Å²) in [5.74, 6) is 0. The zero-order valence-corrected chi connectivity index (χ0v) is 11.1. The fourth-order valence-corrected chi connectivity index (χ4v) is 2.78. The normalized spacial score (nSPS) is 19.5. The van der Waals surface area contributed by atoms with Crippen LogP contribution >= 0.6 is 0 Å². The molecule has 1 saturated heterocycles. The minimum absolute atomic E-state index is 0.695. The summed E-state index contributed by atoms with van der Waals surface area (Å²) in [5, 5.41) is 0. The third-order valence-electron chi connectivity index (χ3n) is 3.81. The van der Waals surface area contributed by atoms with Crippen LogP contribution in [0.25, 0.3) is 0 Å². The van der Waals surface area contributed by atoms with E-state index >= 15 is 0 Å². The van der Waals surface area contributed by atoms with Crippen molar-refractivity contribution in [3.05, 3.63) is 0 Å². The van der Waals surface area contributed by atoms with Gasteiger partial charge in [0, 0.05) is 6.04 Å². The zero-order valence-electron chi connectivity index (χ0n) is 11.1. The average Bonchev–Trinajstić information content (AvgIpc) is 2.80. The SMILES string of the molecule is CCN(CC)C(CCN)CCN1CCCC1. The van der Waals surface area contributed by atoms with Crippen molar-refractivity contribution in [1.82, 2.24) is 9.80 Å². The summed E-state index contributed by atoms with van der Waals surface area (Å²) < 4.78 is 0. The molecular formula is C13H29N3. The Morgan fingerprint density at radius 3 is 2.25 bits per heavy atom. The smallest absolute Gasteiger partial charge is 0.0119 e. The maximum atomic E-state index is 5.72. The molecular weight excluding hydrogens is 198 g/mol. The first kappa shape index (κ1) is 13.9. The third-order valence-corrected chi connectivity index (χ3v) is 3.81. The largest absolute Gasteiger partial charge is 0.330 e. The predicted molar refractivity (Wildman–Crippen MR) is 70.7 cm³/mol. The second-order valence-corrected chi connectivity index (χ2v) is 4.79. The van der Waals surface area contributed by atoms with E-state index in [0.717, 1.165) is 26.1 Å². The molecule has 0 aromatic carbocycles. The lowest BCUT2D eigenvalue weighted by molar-refractivity contribution is 0.178. The molecule has 1 atom stereocenters. The molecule has 0 aromatic heterocycles. The Bertz CT molecular complexity index is 163. The van der Waals surface area contributed by atoms with Crippen LogP contribution in [0.5, 0.6) is 0 Å². The number of rotatable bonds is 8. The highest BCUT2D eigenvalue weighted by Gasteiger charge is 2.17. The first-order chi connectivity index (χ1) is 7.81. The summed E-state index contributed by atoms with van der Waals surface area (Å²) in [4.78, 5) is 5.16. The zero-order chi connectivity index (χ0) is 11.8. The molecule has 2 N–H and O–H groups in total. The fourth-order valence-electron chi connectivity index (χ4n) is 2.78. The van der Waals surface area contributed by atoms with E-state index in [1.807, 2.05) is 0 Å². The van der Waals surface area contributed by atoms with Crippen LogP contribution in [0.15, 0.2) is 0 Å². The van der Waals surface area contributed by atoms with Crippen molar-refractivity contribution in [3.63, 3.8) is 0 Å². The summed E-state index contributed by atoms with van der Waals surface area (Å²) in [6, 6.07) is 0.695. The number of hydrogen-bond acceptors (Lipinski definition) is 3. The standard InChI is InChI=1S/C13H29N3/c1-3-16(4-2)13(7-9-14)8-12-15-10-5-6-11-15/h13H,3-12,14H2,1-2H3. The van der Waals surface area contributed by atoms with Gasteiger partial charge in [0.15, 0.2) is 0 Å². The summed E-state index contributed by atoms with van der Waals surface area (Å²) in [6.07, 6.45) is 5.23. The lowest BCUT2D eigenvalue weighted by Gasteiger charge is -2.30. The summed E-state index contributed by atoms with van der Waals surface area (Å²) >= 11 is 0. The highest BCUT2D eigenvalue weighted by molar-refractivity contribution is 4.74. The monoisotopic (exact) mass is 227 g/mol. The number of hydrogen-bond donors (Lipinski definition) is 1. The van der Waals surface area contributed by atoms with Gasteiger partial charge in [-0.2, -0.15) is 0 Å². The molecule has 16 heavy (non-hydrogen) atoms. The Kier molecular flexibility index (Phi) is 7.01. The number of likely N-dealkylation sites (tertiary alicyclic amines) is 1. The molecule has 1 rings (SSSR count). The van der Waals surface area contributed by atoms with Crippen molar-refractivity contribution >= 4 is 0 Å². The van der Waals surface area contributed by atoms with Crippen LogP contribution in [0.2, 0.25) is 0 Å². The molecule has 0 amide bonds. The minimum atomic E-state index is 0.695. The molecule has 0 bridgehead atoms. The maximum Gasteiger partial charge on any atom is 0.0119 e. The lowest BCUT2D eigenvalue weighted by Crippen LogP contribution is -2.39. The van der Waals surface area contributed by atoms with Crippen molar-refractivity contribution in [3.8, 4) is 0 Å². The maximum absolute atomic E-state index is 5.72. The van der Waals surface area contributed by atoms with Crippen LogP contribution < -0.4 is 5.73 Å². The van der Waals surface area contributed by atoms with Gasteiger partial charge in [-0.1, -0.05) is 13.8 Å². The van der Waals surface area contributed by atoms with Gasteiger partial charge < -0.3 is 15.5 Å². The molecule has 0 saturated carbocycles. The van der Waals surface area contributed by atoms with Gasteiger partial charge in [0.05, 0.1) is 0 Å². The van der Waals surface area contributed by atoms with E-state index in [0.29, 0.717) is 6.04 Å². The van der Waals surface area contributed by atoms with Crippen LogP contribution in [0.3, 0.4) is 0 Å². The van der Waals surface area contributed by atoms with E-state index in [4.69, 9.17) is 5.73 Å². The molecule has 3 heteroatoms. The molecule has 0 aromatic rings. The van der Waals surface area contributed by atoms with Gasteiger partial charge in [0.1, 0.15) is 0 Å². The first-order valence-corrected chi connectivity index (χ1v) is 6.98. The Labute approximate surface area is 101 Å². The van der Waals surface area contributed by atoms with Gasteiger partial charge in [-0.3, -0.25) is 0 Å². The fraction of sp³-hybridized carbons (Fsp3) is 1.00. The minimum Gasteiger partial charge on any atom is -0.330 e. The van der Waals surface area contributed by atoms with Gasteiger partial charge >= 0.3 is 0 Å². The Balaban J connectivity index is 2.30. The Hall–Kier alpha value is -0.120. The van der Waals surface area contributed by atoms with Crippen LogP contribution in [0.1, 0.15) is 39.5 Å². The number of nitrogens with two attached hydrogens (primary N) is 1. The van der Waals surface area contributed by atoms with Crippen molar-refractivity contribution < 1.29 is 0 Å². The van der Waals surface area contributed by atoms with Crippen molar-refractivity contribution in [2.75, 3.05) is 39.3 Å². The van der Waals surface area contributed by atoms with E-state index in [2.05, 4.69) is 23.6 Å². The van der Waals surface area contributed by atoms with E-state index in [-0.39, 0.29) is 0 Å². The summed E-state index contributed by atoms with van der Waals surface area (Å²) in [5.41, 5.74) is 5.72. The van der Waals surface area contributed by atoms with Gasteiger partial charge in [0.25, 0.3) is 0 Å². The second kappa shape index (κ2) is 8.04. The molecule has 1 heterocycles. The molecule has 1 unspecified atom stereocenters. The predicted octanol–water partition coefficient (Wildman–Crippen LogP) is 1.53. The second-order valence-electron chi connectivity index (χ2n) is 4.79. The number of nitrogens with zero attached hydrogens (tertiary/aromatic N) is 2. The van der Waals surface area contributed by atoms with Crippen molar-refractivity contribution in [2.45, 2.75) is 45.6 Å². The quantitative estimate of drug-likeness (QED) is 0.682. The van der Waals surface area contributed by atoms with E-state index in [1.165, 1.54) is 38.9 Å². The van der Waals surface area contributed by atoms with Gasteiger partial charge in [0.2, 0.25) is 0 Å². The molecule has 3 nitrogen and oxygen atoms in total. The van der Waals surface area contributed by atoms with Gasteiger partial charge in [-0.05, 0) is 65.0 Å². The lowest BCUT2D eigenvalue weighted by atomic mass is 10.1. The molecule has 1 aliphatic heterocycles. The Morgan fingerprint density at radius 1 is 1.12 bits per heavy atom. The molecule has 1 fully saturated rings. The van der Waals surface area contributed by atoms with Crippen LogP contribution in [0.4, 0.5) is 0 Å². The van der Waals surface area contributed by atoms with E-state index in [1.54, 1.807) is 0 Å². The van der Waals surface area contributed by atoms with Crippen LogP contribution in [0, 0.1) is 0 Å². The van der Waals surface area contributed by atoms with Crippen molar-refractivity contribution in [1.29, 1.82) is 0 Å². The van der Waals surface area contributed by atoms with E-state index in [9.17, 15) is 0 Å². The Morgan fingerprint density at radius 2 is 1.75 bits per heavy atom. The molecule has 0 spiro atoms. The van der Waals surface area contributed by atoms with Crippen LogP contribution in [-0.4, -0.2) is 55.1 Å². The van der Waals surface area contributed by atoms with E-state index < -0.39 is 0 Å². The molecule has 96 valence electrons. The first-order valence-electron chi connectivity index (χ1n) is 6.98. The highest BCUT2D eigenvalue weighted by atomic mass is 15.2. The van der Waals surface area contributed by atoms with Crippen molar-refractivity contribution in [2.24, 2.45) is 5.73 Å². The summed E-state index contributed by atoms with van der Waals surface area (Å²) in [6.45, 7) is 11.5. The molecule has 0 aliphatic carbocycles. The molecule has 1 aliphatic rings. The highest BCUT2D eigenvalue weighted by Crippen LogP contribution is 2.13. The third kappa shape index (κ3) is 4.40. The average molecular weight is 227 g/mol. The van der Waals surface area contributed by atoms with Gasteiger partial charge in [-0.15, -0.1) is 0 Å². The topological polar surface area (TPSA) is 32.5 Å². The van der Waals surface area contributed by atoms with Crippen LogP contribution in [-0.2, 0) is 0 Å². The summed E-state index contributed by atoms with van der Waals surface area (Å²) in [7, 11) is 0.